The molecule has 7 nitrogen and oxygen atoms in total. The average molecular weight is 338 g/mol. The normalized spacial score (nSPS) is 34.6. The number of hydrogen-bond donors (Lipinski definition) is 1. The first kappa shape index (κ1) is 17.3. The predicted molar refractivity (Wildman–Crippen MR) is 82.2 cm³/mol. The number of ether oxygens (including phenoxy) is 5. The topological polar surface area (TPSA) is 83.5 Å². The van der Waals surface area contributed by atoms with Crippen LogP contribution in [0.4, 0.5) is 0 Å². The van der Waals surface area contributed by atoms with Gasteiger partial charge in [0.2, 0.25) is 0 Å². The average Bonchev–Trinajstić information content (AvgIpc) is 2.91. The third kappa shape index (κ3) is 3.45. The van der Waals surface area contributed by atoms with E-state index in [-0.39, 0.29) is 6.61 Å². The molecule has 7 heteroatoms. The van der Waals surface area contributed by atoms with E-state index in [9.17, 15) is 9.90 Å². The van der Waals surface area contributed by atoms with Crippen molar-refractivity contribution in [1.82, 2.24) is 0 Å². The Kier molecular flexibility index (Phi) is 4.89. The van der Waals surface area contributed by atoms with Crippen molar-refractivity contribution in [2.75, 3.05) is 13.7 Å². The molecule has 1 N–H and O–H groups in total. The molecule has 5 atom stereocenters. The third-order valence-electron chi connectivity index (χ3n) is 4.08. The summed E-state index contributed by atoms with van der Waals surface area (Å²) in [7, 11) is 1.49. The van der Waals surface area contributed by atoms with Crippen LogP contribution in [0.2, 0.25) is 0 Å². The highest BCUT2D eigenvalue weighted by atomic mass is 16.8. The number of methoxy groups -OCH3 is 1. The highest BCUT2D eigenvalue weighted by molar-refractivity contribution is 5.89. The Hall–Kier alpha value is -1.51. The van der Waals surface area contributed by atoms with Gasteiger partial charge in [0.25, 0.3) is 0 Å². The molecule has 0 saturated carbocycles. The van der Waals surface area contributed by atoms with Gasteiger partial charge >= 0.3 is 5.97 Å². The van der Waals surface area contributed by atoms with Gasteiger partial charge in [0.05, 0.1) is 5.56 Å². The van der Waals surface area contributed by atoms with E-state index in [4.69, 9.17) is 23.7 Å². The van der Waals surface area contributed by atoms with E-state index >= 15 is 0 Å². The Morgan fingerprint density at radius 3 is 2.54 bits per heavy atom. The molecule has 0 bridgehead atoms. The number of carbonyl (C=O) groups excluding carboxylic acids is 1. The van der Waals surface area contributed by atoms with Crippen LogP contribution in [0.5, 0.6) is 0 Å². The highest BCUT2D eigenvalue weighted by Crippen LogP contribution is 2.37. The van der Waals surface area contributed by atoms with Gasteiger partial charge in [-0.3, -0.25) is 0 Å². The molecule has 2 heterocycles. The van der Waals surface area contributed by atoms with Crippen molar-refractivity contribution in [3.05, 3.63) is 35.9 Å². The zero-order valence-corrected chi connectivity index (χ0v) is 13.9. The minimum atomic E-state index is -0.994. The minimum Gasteiger partial charge on any atom is -0.459 e. The van der Waals surface area contributed by atoms with Gasteiger partial charge in [-0.2, -0.15) is 0 Å². The van der Waals surface area contributed by atoms with Gasteiger partial charge in [0.1, 0.15) is 31.0 Å². The molecule has 0 radical (unpaired) electrons. The maximum absolute atomic E-state index is 12.0. The summed E-state index contributed by atoms with van der Waals surface area (Å²) in [4.78, 5) is 12.0. The number of esters is 1. The molecule has 132 valence electrons. The molecule has 5 unspecified atom stereocenters. The number of aliphatic hydroxyl groups excluding tert-OH is 1. The molecule has 0 spiro atoms. The van der Waals surface area contributed by atoms with E-state index in [1.165, 1.54) is 7.11 Å². The van der Waals surface area contributed by atoms with Crippen molar-refractivity contribution < 1.29 is 33.6 Å². The van der Waals surface area contributed by atoms with Crippen molar-refractivity contribution >= 4 is 5.97 Å². The lowest BCUT2D eigenvalue weighted by atomic mass is 9.99. The lowest BCUT2D eigenvalue weighted by molar-refractivity contribution is -0.272. The van der Waals surface area contributed by atoms with Crippen molar-refractivity contribution in [1.29, 1.82) is 0 Å². The molecule has 2 aliphatic heterocycles. The summed E-state index contributed by atoms with van der Waals surface area (Å²) >= 11 is 0. The Balaban J connectivity index is 1.65. The molecular formula is C17H22O7. The Bertz CT molecular complexity index is 574. The summed E-state index contributed by atoms with van der Waals surface area (Å²) in [6.07, 6.45) is -3.62. The maximum Gasteiger partial charge on any atom is 0.338 e. The number of rotatable bonds is 4. The quantitative estimate of drug-likeness (QED) is 0.823. The second-order valence-corrected chi connectivity index (χ2v) is 6.30. The van der Waals surface area contributed by atoms with Gasteiger partial charge in [-0.25, -0.2) is 4.79 Å². The second kappa shape index (κ2) is 6.78. The fraction of sp³-hybridized carbons (Fsp3) is 0.588. The third-order valence-corrected chi connectivity index (χ3v) is 4.08. The fourth-order valence-electron chi connectivity index (χ4n) is 2.98. The number of aliphatic hydroxyl groups is 1. The van der Waals surface area contributed by atoms with E-state index < -0.39 is 42.5 Å². The van der Waals surface area contributed by atoms with Crippen LogP contribution < -0.4 is 0 Å². The molecule has 1 aromatic rings. The standard InChI is InChI=1S/C17H22O7/c1-17(2)23-13-12(18)11(22-16(20-3)14(13)24-17)9-21-15(19)10-7-5-4-6-8-10/h4-8,11-14,16,18H,9H2,1-3H3. The van der Waals surface area contributed by atoms with Crippen LogP contribution in [0.15, 0.2) is 30.3 Å². The summed E-state index contributed by atoms with van der Waals surface area (Å²) in [6.45, 7) is 3.41. The van der Waals surface area contributed by atoms with Crippen molar-refractivity contribution in [2.45, 2.75) is 50.3 Å². The monoisotopic (exact) mass is 338 g/mol. The molecule has 2 saturated heterocycles. The lowest BCUT2D eigenvalue weighted by Crippen LogP contribution is -2.58. The van der Waals surface area contributed by atoms with Gasteiger partial charge < -0.3 is 28.8 Å². The Morgan fingerprint density at radius 1 is 1.21 bits per heavy atom. The van der Waals surface area contributed by atoms with Gasteiger partial charge in [0.15, 0.2) is 12.1 Å². The summed E-state index contributed by atoms with van der Waals surface area (Å²) in [6, 6.07) is 8.63. The van der Waals surface area contributed by atoms with Crippen molar-refractivity contribution in [2.24, 2.45) is 0 Å². The van der Waals surface area contributed by atoms with Crippen LogP contribution in [0, 0.1) is 0 Å². The molecule has 24 heavy (non-hydrogen) atoms. The van der Waals surface area contributed by atoms with E-state index in [0.29, 0.717) is 5.56 Å². The smallest absolute Gasteiger partial charge is 0.338 e. The Morgan fingerprint density at radius 2 is 1.88 bits per heavy atom. The van der Waals surface area contributed by atoms with Crippen LogP contribution in [-0.2, 0) is 23.7 Å². The van der Waals surface area contributed by atoms with Crippen molar-refractivity contribution in [3.8, 4) is 0 Å². The van der Waals surface area contributed by atoms with Crippen LogP contribution >= 0.6 is 0 Å². The van der Waals surface area contributed by atoms with E-state index in [0.717, 1.165) is 0 Å². The van der Waals surface area contributed by atoms with Gasteiger partial charge in [-0.15, -0.1) is 0 Å². The highest BCUT2D eigenvalue weighted by Gasteiger charge is 2.55. The SMILES string of the molecule is COC1OC(COC(=O)c2ccccc2)C(O)C2OC(C)(C)OC12. The predicted octanol–water partition coefficient (Wildman–Crippen LogP) is 1.10. The second-order valence-electron chi connectivity index (χ2n) is 6.30. The Labute approximate surface area is 140 Å². The number of benzene rings is 1. The first-order valence-electron chi connectivity index (χ1n) is 7.85. The molecule has 2 fully saturated rings. The van der Waals surface area contributed by atoms with Crippen LogP contribution in [0.3, 0.4) is 0 Å². The van der Waals surface area contributed by atoms with Gasteiger partial charge in [0, 0.05) is 7.11 Å². The fourth-order valence-corrected chi connectivity index (χ4v) is 2.98. The molecule has 3 rings (SSSR count). The van der Waals surface area contributed by atoms with E-state index in [2.05, 4.69) is 0 Å². The number of hydrogen-bond acceptors (Lipinski definition) is 7. The maximum atomic E-state index is 12.0. The van der Waals surface area contributed by atoms with Gasteiger partial charge in [-0.1, -0.05) is 18.2 Å². The van der Waals surface area contributed by atoms with Crippen LogP contribution in [0.1, 0.15) is 24.2 Å². The molecule has 0 amide bonds. The largest absolute Gasteiger partial charge is 0.459 e. The molecular weight excluding hydrogens is 316 g/mol. The van der Waals surface area contributed by atoms with Crippen molar-refractivity contribution in [3.63, 3.8) is 0 Å². The summed E-state index contributed by atoms with van der Waals surface area (Å²) < 4.78 is 27.7. The first-order chi connectivity index (χ1) is 11.4. The zero-order valence-electron chi connectivity index (χ0n) is 13.9. The van der Waals surface area contributed by atoms with Crippen LogP contribution in [-0.4, -0.2) is 61.3 Å². The molecule has 0 aromatic heterocycles. The zero-order chi connectivity index (χ0) is 17.3. The molecule has 2 aliphatic rings. The molecule has 0 aliphatic carbocycles. The van der Waals surface area contributed by atoms with E-state index in [1.807, 2.05) is 6.07 Å². The summed E-state index contributed by atoms with van der Waals surface area (Å²) in [5.74, 6) is -1.32. The van der Waals surface area contributed by atoms with Crippen LogP contribution in [0.25, 0.3) is 0 Å². The number of fused-ring (bicyclic) bond motifs is 1. The molecule has 1 aromatic carbocycles. The summed E-state index contributed by atoms with van der Waals surface area (Å²) in [5.41, 5.74) is 0.436. The number of carbonyl (C=O) groups is 1. The van der Waals surface area contributed by atoms with Gasteiger partial charge in [-0.05, 0) is 26.0 Å². The van der Waals surface area contributed by atoms with E-state index in [1.54, 1.807) is 38.1 Å². The minimum absolute atomic E-state index is 0.109. The first-order valence-corrected chi connectivity index (χ1v) is 7.85. The summed E-state index contributed by atoms with van der Waals surface area (Å²) in [5, 5.41) is 10.5. The lowest BCUT2D eigenvalue weighted by Gasteiger charge is -2.38.